The standard InChI is InChI=1S/C9H8Cl2O4S/c1-16(13,14)15-9(5-12)6-2-3-7(10)8(11)4-6/h2-5,9H,1H3. The molecule has 0 aliphatic heterocycles. The molecule has 7 heteroatoms. The highest BCUT2D eigenvalue weighted by Gasteiger charge is 2.17. The van der Waals surface area contributed by atoms with Crippen LogP contribution in [0.5, 0.6) is 0 Å². The second kappa shape index (κ2) is 5.14. The summed E-state index contributed by atoms with van der Waals surface area (Å²) in [6.45, 7) is 0. The minimum absolute atomic E-state index is 0.225. The highest BCUT2D eigenvalue weighted by atomic mass is 35.5. The van der Waals surface area contributed by atoms with E-state index in [4.69, 9.17) is 23.2 Å². The fourth-order valence-corrected chi connectivity index (χ4v) is 1.87. The summed E-state index contributed by atoms with van der Waals surface area (Å²) >= 11 is 11.4. The first-order valence-electron chi connectivity index (χ1n) is 4.12. The summed E-state index contributed by atoms with van der Waals surface area (Å²) < 4.78 is 26.3. The van der Waals surface area contributed by atoms with Crippen molar-refractivity contribution in [2.24, 2.45) is 0 Å². The average molecular weight is 283 g/mol. The van der Waals surface area contributed by atoms with E-state index in [2.05, 4.69) is 4.18 Å². The van der Waals surface area contributed by atoms with Gasteiger partial charge in [-0.15, -0.1) is 0 Å². The molecule has 0 aliphatic carbocycles. The Balaban J connectivity index is 3.05. The molecule has 0 aromatic heterocycles. The van der Waals surface area contributed by atoms with Gasteiger partial charge in [-0.3, -0.25) is 4.18 Å². The van der Waals surface area contributed by atoms with Crippen molar-refractivity contribution >= 4 is 39.6 Å². The van der Waals surface area contributed by atoms with Gasteiger partial charge in [0.1, 0.15) is 0 Å². The zero-order chi connectivity index (χ0) is 12.3. The number of rotatable bonds is 4. The van der Waals surface area contributed by atoms with Gasteiger partial charge in [0.2, 0.25) is 0 Å². The van der Waals surface area contributed by atoms with Crippen molar-refractivity contribution < 1.29 is 17.4 Å². The third-order valence-electron chi connectivity index (χ3n) is 1.67. The van der Waals surface area contributed by atoms with E-state index in [0.29, 0.717) is 16.9 Å². The summed E-state index contributed by atoms with van der Waals surface area (Å²) in [5, 5.41) is 0.539. The van der Waals surface area contributed by atoms with E-state index in [1.165, 1.54) is 18.2 Å². The number of halogens is 2. The zero-order valence-electron chi connectivity index (χ0n) is 8.18. The number of hydrogen-bond acceptors (Lipinski definition) is 4. The molecule has 88 valence electrons. The number of benzene rings is 1. The molecule has 1 aromatic rings. The van der Waals surface area contributed by atoms with Crippen LogP contribution in [-0.4, -0.2) is 21.0 Å². The van der Waals surface area contributed by atoms with Gasteiger partial charge in [-0.05, 0) is 17.7 Å². The lowest BCUT2D eigenvalue weighted by Gasteiger charge is -2.10. The molecule has 1 rings (SSSR count). The third-order valence-corrected chi connectivity index (χ3v) is 2.97. The predicted octanol–water partition coefficient (Wildman–Crippen LogP) is 2.21. The molecule has 0 bridgehead atoms. The van der Waals surface area contributed by atoms with Gasteiger partial charge >= 0.3 is 0 Å². The first-order valence-corrected chi connectivity index (χ1v) is 6.69. The minimum atomic E-state index is -3.71. The first kappa shape index (κ1) is 13.4. The summed E-state index contributed by atoms with van der Waals surface area (Å²) in [6, 6.07) is 4.31. The molecule has 0 radical (unpaired) electrons. The molecule has 0 fully saturated rings. The Bertz CT molecular complexity index is 498. The summed E-state index contributed by atoms with van der Waals surface area (Å²) in [5.41, 5.74) is 0.329. The van der Waals surface area contributed by atoms with Crippen LogP contribution >= 0.6 is 23.2 Å². The van der Waals surface area contributed by atoms with Crippen molar-refractivity contribution in [1.29, 1.82) is 0 Å². The van der Waals surface area contributed by atoms with E-state index in [1.54, 1.807) is 0 Å². The average Bonchev–Trinajstić information content (AvgIpc) is 2.17. The number of carbonyl (C=O) groups excluding carboxylic acids is 1. The van der Waals surface area contributed by atoms with Gasteiger partial charge in [0.15, 0.2) is 12.4 Å². The normalized spacial score (nSPS) is 13.4. The number of hydrogen-bond donors (Lipinski definition) is 0. The largest absolute Gasteiger partial charge is 0.300 e. The SMILES string of the molecule is CS(=O)(=O)OC(C=O)c1ccc(Cl)c(Cl)c1. The van der Waals surface area contributed by atoms with Gasteiger partial charge < -0.3 is 4.79 Å². The summed E-state index contributed by atoms with van der Waals surface area (Å²) in [5.74, 6) is 0. The summed E-state index contributed by atoms with van der Waals surface area (Å²) in [6.07, 6.45) is 0.0338. The van der Waals surface area contributed by atoms with Gasteiger partial charge in [0.05, 0.1) is 16.3 Å². The molecule has 1 atom stereocenters. The maximum Gasteiger partial charge on any atom is 0.265 e. The molecular formula is C9H8Cl2O4S. The van der Waals surface area contributed by atoms with Crippen molar-refractivity contribution in [1.82, 2.24) is 0 Å². The number of carbonyl (C=O) groups is 1. The molecule has 1 unspecified atom stereocenters. The van der Waals surface area contributed by atoms with E-state index >= 15 is 0 Å². The lowest BCUT2D eigenvalue weighted by molar-refractivity contribution is -0.113. The van der Waals surface area contributed by atoms with Crippen LogP contribution in [0.4, 0.5) is 0 Å². The lowest BCUT2D eigenvalue weighted by atomic mass is 10.1. The van der Waals surface area contributed by atoms with Crippen LogP contribution in [0.15, 0.2) is 18.2 Å². The van der Waals surface area contributed by atoms with Crippen LogP contribution in [0, 0.1) is 0 Å². The Hall–Kier alpha value is -0.620. The van der Waals surface area contributed by atoms with Crippen LogP contribution in [0.1, 0.15) is 11.7 Å². The smallest absolute Gasteiger partial charge is 0.265 e. The lowest BCUT2D eigenvalue weighted by Crippen LogP contribution is -2.11. The fraction of sp³-hybridized carbons (Fsp3) is 0.222. The molecule has 0 aliphatic rings. The monoisotopic (exact) mass is 282 g/mol. The Kier molecular flexibility index (Phi) is 4.32. The predicted molar refractivity (Wildman–Crippen MR) is 61.2 cm³/mol. The van der Waals surface area contributed by atoms with Crippen molar-refractivity contribution in [3.63, 3.8) is 0 Å². The van der Waals surface area contributed by atoms with Gasteiger partial charge in [0, 0.05) is 0 Å². The molecule has 0 N–H and O–H groups in total. The molecule has 4 nitrogen and oxygen atoms in total. The zero-order valence-corrected chi connectivity index (χ0v) is 10.5. The van der Waals surface area contributed by atoms with Crippen LogP contribution in [0.25, 0.3) is 0 Å². The Morgan fingerprint density at radius 3 is 2.38 bits per heavy atom. The second-order valence-corrected chi connectivity index (χ2v) is 5.45. The molecule has 0 spiro atoms. The van der Waals surface area contributed by atoms with Crippen LogP contribution in [-0.2, 0) is 19.1 Å². The van der Waals surface area contributed by atoms with Crippen LogP contribution < -0.4 is 0 Å². The summed E-state index contributed by atoms with van der Waals surface area (Å²) in [4.78, 5) is 10.7. The Morgan fingerprint density at radius 1 is 1.31 bits per heavy atom. The van der Waals surface area contributed by atoms with Crippen molar-refractivity contribution in [3.05, 3.63) is 33.8 Å². The van der Waals surface area contributed by atoms with Gasteiger partial charge in [0.25, 0.3) is 10.1 Å². The summed E-state index contributed by atoms with van der Waals surface area (Å²) in [7, 11) is -3.71. The Morgan fingerprint density at radius 2 is 1.94 bits per heavy atom. The van der Waals surface area contributed by atoms with Crippen LogP contribution in [0.2, 0.25) is 10.0 Å². The quantitative estimate of drug-likeness (QED) is 0.628. The van der Waals surface area contributed by atoms with Crippen molar-refractivity contribution in [2.45, 2.75) is 6.10 Å². The molecule has 0 saturated carbocycles. The molecule has 0 amide bonds. The Labute approximate surface area is 103 Å². The molecule has 1 aromatic carbocycles. The molecule has 0 heterocycles. The number of aldehydes is 1. The maximum absolute atomic E-state index is 10.9. The van der Waals surface area contributed by atoms with Gasteiger partial charge in [-0.25, -0.2) is 0 Å². The van der Waals surface area contributed by atoms with Crippen LogP contribution in [0.3, 0.4) is 0 Å². The maximum atomic E-state index is 10.9. The van der Waals surface area contributed by atoms with Gasteiger partial charge in [-0.2, -0.15) is 8.42 Å². The highest BCUT2D eigenvalue weighted by Crippen LogP contribution is 2.26. The van der Waals surface area contributed by atoms with E-state index in [9.17, 15) is 13.2 Å². The topological polar surface area (TPSA) is 60.4 Å². The van der Waals surface area contributed by atoms with E-state index in [1.807, 2.05) is 0 Å². The van der Waals surface area contributed by atoms with E-state index in [0.717, 1.165) is 6.26 Å². The van der Waals surface area contributed by atoms with Crippen molar-refractivity contribution in [2.75, 3.05) is 6.26 Å². The van der Waals surface area contributed by atoms with E-state index < -0.39 is 16.2 Å². The minimum Gasteiger partial charge on any atom is -0.300 e. The molecular weight excluding hydrogens is 275 g/mol. The molecule has 16 heavy (non-hydrogen) atoms. The highest BCUT2D eigenvalue weighted by molar-refractivity contribution is 7.86. The van der Waals surface area contributed by atoms with Crippen molar-refractivity contribution in [3.8, 4) is 0 Å². The fourth-order valence-electron chi connectivity index (χ4n) is 1.03. The van der Waals surface area contributed by atoms with Gasteiger partial charge in [-0.1, -0.05) is 29.3 Å². The third kappa shape index (κ3) is 3.75. The second-order valence-electron chi connectivity index (χ2n) is 3.03. The first-order chi connectivity index (χ1) is 7.33. The molecule has 0 saturated heterocycles. The van der Waals surface area contributed by atoms with E-state index in [-0.39, 0.29) is 5.02 Å².